The molecule has 0 aromatic rings. The van der Waals surface area contributed by atoms with Crippen LogP contribution < -0.4 is 0 Å². The van der Waals surface area contributed by atoms with E-state index >= 15 is 0 Å². The van der Waals surface area contributed by atoms with E-state index in [1.807, 2.05) is 0 Å². The smallest absolute Gasteiger partial charge is 0.0622 e. The van der Waals surface area contributed by atoms with Crippen molar-refractivity contribution < 1.29 is 4.74 Å². The lowest BCUT2D eigenvalue weighted by Gasteiger charge is -2.39. The predicted molar refractivity (Wildman–Crippen MR) is 98.9 cm³/mol. The van der Waals surface area contributed by atoms with Gasteiger partial charge in [-0.15, -0.1) is 0 Å². The van der Waals surface area contributed by atoms with Gasteiger partial charge in [-0.05, 0) is 70.9 Å². The molecule has 2 fully saturated rings. The van der Waals surface area contributed by atoms with Crippen molar-refractivity contribution in [3.05, 3.63) is 0 Å². The molecular formula is C20H40N2O. The van der Waals surface area contributed by atoms with Gasteiger partial charge in [0, 0.05) is 25.2 Å². The number of likely N-dealkylation sites (tertiary alicyclic amines) is 2. The number of ether oxygens (including phenoxy) is 1. The van der Waals surface area contributed by atoms with Crippen molar-refractivity contribution >= 4 is 0 Å². The van der Waals surface area contributed by atoms with Crippen LogP contribution in [-0.2, 0) is 4.74 Å². The molecule has 3 nitrogen and oxygen atoms in total. The van der Waals surface area contributed by atoms with Gasteiger partial charge in [0.1, 0.15) is 0 Å². The standard InChI is InChI=1S/C20H40N2O/c1-6-17(4)21-13-9-20(10-14-21)23-15-18(5)22-11-7-19(8-12-22)16(2)3/h16-20H,6-15H2,1-5H3. The lowest BCUT2D eigenvalue weighted by Crippen LogP contribution is -2.45. The van der Waals surface area contributed by atoms with Gasteiger partial charge >= 0.3 is 0 Å². The summed E-state index contributed by atoms with van der Waals surface area (Å²) in [5.41, 5.74) is 0. The predicted octanol–water partition coefficient (Wildman–Crippen LogP) is 4.02. The zero-order valence-corrected chi connectivity index (χ0v) is 16.3. The van der Waals surface area contributed by atoms with Crippen LogP contribution >= 0.6 is 0 Å². The second kappa shape index (κ2) is 9.39. The van der Waals surface area contributed by atoms with Crippen LogP contribution in [0.3, 0.4) is 0 Å². The van der Waals surface area contributed by atoms with Crippen LogP contribution in [0, 0.1) is 11.8 Å². The molecule has 0 saturated carbocycles. The summed E-state index contributed by atoms with van der Waals surface area (Å²) >= 11 is 0. The Balaban J connectivity index is 1.63. The molecule has 0 bridgehead atoms. The second-order valence-corrected chi connectivity index (χ2v) is 8.29. The first kappa shape index (κ1) is 19.2. The van der Waals surface area contributed by atoms with E-state index in [2.05, 4.69) is 44.4 Å². The molecule has 0 aliphatic carbocycles. The van der Waals surface area contributed by atoms with E-state index < -0.39 is 0 Å². The van der Waals surface area contributed by atoms with Crippen LogP contribution in [0.2, 0.25) is 0 Å². The first-order valence-corrected chi connectivity index (χ1v) is 10.1. The Bertz CT molecular complexity index is 318. The summed E-state index contributed by atoms with van der Waals surface area (Å²) in [5, 5.41) is 0. The fourth-order valence-electron chi connectivity index (χ4n) is 4.15. The molecule has 3 heteroatoms. The molecule has 2 atom stereocenters. The van der Waals surface area contributed by atoms with E-state index in [4.69, 9.17) is 4.74 Å². The van der Waals surface area contributed by atoms with Gasteiger partial charge in [-0.25, -0.2) is 0 Å². The molecule has 2 aliphatic heterocycles. The molecule has 2 aliphatic rings. The third-order valence-electron chi connectivity index (χ3n) is 6.40. The van der Waals surface area contributed by atoms with Crippen molar-refractivity contribution in [2.24, 2.45) is 11.8 Å². The van der Waals surface area contributed by atoms with E-state index in [0.717, 1.165) is 24.5 Å². The molecular weight excluding hydrogens is 284 g/mol. The minimum Gasteiger partial charge on any atom is -0.377 e. The van der Waals surface area contributed by atoms with Gasteiger partial charge in [0.25, 0.3) is 0 Å². The third-order valence-corrected chi connectivity index (χ3v) is 6.40. The van der Waals surface area contributed by atoms with Crippen molar-refractivity contribution in [2.75, 3.05) is 32.8 Å². The van der Waals surface area contributed by atoms with E-state index in [1.54, 1.807) is 0 Å². The molecule has 0 radical (unpaired) electrons. The van der Waals surface area contributed by atoms with Crippen LogP contribution in [0.25, 0.3) is 0 Å². The molecule has 136 valence electrons. The Morgan fingerprint density at radius 2 is 1.35 bits per heavy atom. The minimum atomic E-state index is 0.492. The summed E-state index contributed by atoms with van der Waals surface area (Å²) in [6.45, 7) is 17.6. The summed E-state index contributed by atoms with van der Waals surface area (Å²) in [7, 11) is 0. The van der Waals surface area contributed by atoms with E-state index in [0.29, 0.717) is 12.1 Å². The highest BCUT2D eigenvalue weighted by molar-refractivity contribution is 4.79. The van der Waals surface area contributed by atoms with Crippen molar-refractivity contribution in [1.82, 2.24) is 9.80 Å². The molecule has 23 heavy (non-hydrogen) atoms. The summed E-state index contributed by atoms with van der Waals surface area (Å²) in [4.78, 5) is 5.27. The Kier molecular flexibility index (Phi) is 7.84. The van der Waals surface area contributed by atoms with Gasteiger partial charge in [-0.1, -0.05) is 20.8 Å². The Hall–Kier alpha value is -0.120. The van der Waals surface area contributed by atoms with Crippen molar-refractivity contribution in [1.29, 1.82) is 0 Å². The minimum absolute atomic E-state index is 0.492. The van der Waals surface area contributed by atoms with Gasteiger partial charge in [0.15, 0.2) is 0 Å². The zero-order chi connectivity index (χ0) is 16.8. The van der Waals surface area contributed by atoms with Gasteiger partial charge in [0.05, 0.1) is 12.7 Å². The lowest BCUT2D eigenvalue weighted by molar-refractivity contribution is -0.0293. The highest BCUT2D eigenvalue weighted by atomic mass is 16.5. The normalized spacial score (nSPS) is 25.8. The quantitative estimate of drug-likeness (QED) is 0.703. The number of hydrogen-bond acceptors (Lipinski definition) is 3. The highest BCUT2D eigenvalue weighted by Crippen LogP contribution is 2.26. The first-order valence-electron chi connectivity index (χ1n) is 10.1. The average molecular weight is 325 g/mol. The van der Waals surface area contributed by atoms with Crippen LogP contribution in [0.15, 0.2) is 0 Å². The summed E-state index contributed by atoms with van der Waals surface area (Å²) in [6.07, 6.45) is 6.92. The van der Waals surface area contributed by atoms with Crippen molar-refractivity contribution in [2.45, 2.75) is 84.9 Å². The maximum Gasteiger partial charge on any atom is 0.0622 e. The van der Waals surface area contributed by atoms with Crippen molar-refractivity contribution in [3.63, 3.8) is 0 Å². The van der Waals surface area contributed by atoms with E-state index in [-0.39, 0.29) is 0 Å². The number of nitrogens with zero attached hydrogens (tertiary/aromatic N) is 2. The highest BCUT2D eigenvalue weighted by Gasteiger charge is 2.26. The fraction of sp³-hybridized carbons (Fsp3) is 1.00. The largest absolute Gasteiger partial charge is 0.377 e. The molecule has 2 saturated heterocycles. The number of piperidine rings is 2. The summed E-state index contributed by atoms with van der Waals surface area (Å²) in [6, 6.07) is 1.31. The Labute approximate surface area is 144 Å². The second-order valence-electron chi connectivity index (χ2n) is 8.29. The maximum atomic E-state index is 6.27. The van der Waals surface area contributed by atoms with Crippen molar-refractivity contribution in [3.8, 4) is 0 Å². The number of rotatable bonds is 7. The summed E-state index contributed by atoms with van der Waals surface area (Å²) < 4.78 is 6.27. The molecule has 0 aromatic carbocycles. The lowest BCUT2D eigenvalue weighted by atomic mass is 9.86. The van der Waals surface area contributed by atoms with E-state index in [9.17, 15) is 0 Å². The van der Waals surface area contributed by atoms with Crippen LogP contribution in [-0.4, -0.2) is 60.8 Å². The molecule has 0 spiro atoms. The maximum absolute atomic E-state index is 6.27. The average Bonchev–Trinajstić information content (AvgIpc) is 2.59. The van der Waals surface area contributed by atoms with Crippen LogP contribution in [0.4, 0.5) is 0 Å². The SMILES string of the molecule is CCC(C)N1CCC(OCC(C)N2CCC(C(C)C)CC2)CC1. The summed E-state index contributed by atoms with van der Waals surface area (Å²) in [5.74, 6) is 1.78. The number of hydrogen-bond donors (Lipinski definition) is 0. The topological polar surface area (TPSA) is 15.7 Å². The molecule has 2 heterocycles. The van der Waals surface area contributed by atoms with Crippen LogP contribution in [0.5, 0.6) is 0 Å². The van der Waals surface area contributed by atoms with Gasteiger partial charge in [-0.3, -0.25) is 4.90 Å². The fourth-order valence-corrected chi connectivity index (χ4v) is 4.15. The monoisotopic (exact) mass is 324 g/mol. The molecule has 2 unspecified atom stereocenters. The molecule has 0 aromatic heterocycles. The Morgan fingerprint density at radius 1 is 0.826 bits per heavy atom. The first-order chi connectivity index (χ1) is 11.0. The molecule has 2 rings (SSSR count). The molecule has 0 amide bonds. The van der Waals surface area contributed by atoms with Gasteiger partial charge in [-0.2, -0.15) is 0 Å². The van der Waals surface area contributed by atoms with Crippen LogP contribution in [0.1, 0.15) is 66.7 Å². The zero-order valence-electron chi connectivity index (χ0n) is 16.3. The molecule has 0 N–H and O–H groups in total. The van der Waals surface area contributed by atoms with Gasteiger partial charge < -0.3 is 9.64 Å². The Morgan fingerprint density at radius 3 is 1.87 bits per heavy atom. The van der Waals surface area contributed by atoms with E-state index in [1.165, 1.54) is 58.3 Å². The third kappa shape index (κ3) is 5.72. The van der Waals surface area contributed by atoms with Gasteiger partial charge in [0.2, 0.25) is 0 Å².